The quantitative estimate of drug-likeness (QED) is 0.710. The van der Waals surface area contributed by atoms with Crippen LogP contribution in [0.1, 0.15) is 38.5 Å². The molecule has 1 rings (SSSR count). The lowest BCUT2D eigenvalue weighted by atomic mass is 10.0. The van der Waals surface area contributed by atoms with Crippen molar-refractivity contribution in [2.75, 3.05) is 20.1 Å². The van der Waals surface area contributed by atoms with Crippen molar-refractivity contribution in [3.8, 4) is 0 Å². The monoisotopic (exact) mass is 270 g/mol. The van der Waals surface area contributed by atoms with Crippen LogP contribution in [0.4, 0.5) is 0 Å². The van der Waals surface area contributed by atoms with Gasteiger partial charge in [0.1, 0.15) is 6.54 Å². The largest absolute Gasteiger partial charge is 0.480 e. The van der Waals surface area contributed by atoms with Gasteiger partial charge in [-0.2, -0.15) is 0 Å². The number of likely N-dealkylation sites (N-methyl/N-ethyl adjacent to an activating group) is 1. The van der Waals surface area contributed by atoms with Crippen LogP contribution in [0.25, 0.3) is 0 Å². The molecule has 2 amide bonds. The molecule has 1 aliphatic carbocycles. The normalized spacial score (nSPS) is 15.2. The lowest BCUT2D eigenvalue weighted by Crippen LogP contribution is -2.40. The first-order valence-electron chi connectivity index (χ1n) is 6.71. The van der Waals surface area contributed by atoms with Crippen LogP contribution in [0.5, 0.6) is 0 Å². The molecule has 1 saturated carbocycles. The Hall–Kier alpha value is -1.59. The van der Waals surface area contributed by atoms with Crippen molar-refractivity contribution in [2.24, 2.45) is 5.92 Å². The fraction of sp³-hybridized carbons (Fsp3) is 0.769. The molecule has 0 aromatic heterocycles. The van der Waals surface area contributed by atoms with Gasteiger partial charge in [0.15, 0.2) is 0 Å². The Labute approximate surface area is 113 Å². The van der Waals surface area contributed by atoms with E-state index in [1.807, 2.05) is 0 Å². The molecule has 2 N–H and O–H groups in total. The molecule has 0 unspecified atom stereocenters. The second-order valence-corrected chi connectivity index (χ2v) is 5.11. The van der Waals surface area contributed by atoms with Crippen molar-refractivity contribution < 1.29 is 19.5 Å². The molecule has 0 aromatic carbocycles. The molecule has 0 spiro atoms. The Morgan fingerprint density at radius 3 is 2.47 bits per heavy atom. The molecule has 0 saturated heterocycles. The number of carboxylic acids is 1. The Kier molecular flexibility index (Phi) is 6.32. The molecule has 0 aliphatic heterocycles. The number of aliphatic carboxylic acids is 1. The van der Waals surface area contributed by atoms with Crippen molar-refractivity contribution in [3.63, 3.8) is 0 Å². The van der Waals surface area contributed by atoms with Crippen LogP contribution in [0.2, 0.25) is 0 Å². The highest BCUT2D eigenvalue weighted by Gasteiger charge is 2.17. The number of carbonyl (C=O) groups excluding carboxylic acids is 2. The van der Waals surface area contributed by atoms with Crippen molar-refractivity contribution >= 4 is 17.8 Å². The van der Waals surface area contributed by atoms with Crippen LogP contribution >= 0.6 is 0 Å². The number of carboxylic acid groups (broad SMARTS) is 1. The summed E-state index contributed by atoms with van der Waals surface area (Å²) in [5.74, 6) is -0.944. The van der Waals surface area contributed by atoms with Gasteiger partial charge in [0.25, 0.3) is 0 Å². The Morgan fingerprint density at radius 2 is 1.89 bits per heavy atom. The number of hydrogen-bond acceptors (Lipinski definition) is 3. The average Bonchev–Trinajstić information content (AvgIpc) is 2.85. The first-order chi connectivity index (χ1) is 8.99. The molecule has 1 aliphatic rings. The SMILES string of the molecule is CN(CC(=O)O)C(=O)CNC(=O)CCC1CCCC1. The van der Waals surface area contributed by atoms with E-state index in [-0.39, 0.29) is 19.0 Å². The minimum atomic E-state index is -1.07. The van der Waals surface area contributed by atoms with Crippen molar-refractivity contribution in [1.82, 2.24) is 10.2 Å². The maximum atomic E-state index is 11.6. The van der Waals surface area contributed by atoms with Gasteiger partial charge in [-0.05, 0) is 12.3 Å². The number of hydrogen-bond donors (Lipinski definition) is 2. The maximum Gasteiger partial charge on any atom is 0.323 e. The minimum Gasteiger partial charge on any atom is -0.480 e. The smallest absolute Gasteiger partial charge is 0.323 e. The Morgan fingerprint density at radius 1 is 1.26 bits per heavy atom. The summed E-state index contributed by atoms with van der Waals surface area (Å²) in [5, 5.41) is 11.1. The number of rotatable bonds is 7. The second-order valence-electron chi connectivity index (χ2n) is 5.11. The zero-order valence-electron chi connectivity index (χ0n) is 11.4. The zero-order valence-corrected chi connectivity index (χ0v) is 11.4. The van der Waals surface area contributed by atoms with Gasteiger partial charge >= 0.3 is 5.97 Å². The summed E-state index contributed by atoms with van der Waals surface area (Å²) >= 11 is 0. The summed E-state index contributed by atoms with van der Waals surface area (Å²) in [6, 6.07) is 0. The highest BCUT2D eigenvalue weighted by molar-refractivity contribution is 5.86. The van der Waals surface area contributed by atoms with Crippen molar-refractivity contribution in [2.45, 2.75) is 38.5 Å². The van der Waals surface area contributed by atoms with Crippen molar-refractivity contribution in [3.05, 3.63) is 0 Å². The predicted molar refractivity (Wildman–Crippen MR) is 69.5 cm³/mol. The van der Waals surface area contributed by atoms with Crippen LogP contribution < -0.4 is 5.32 Å². The first kappa shape index (κ1) is 15.5. The molecular weight excluding hydrogens is 248 g/mol. The summed E-state index contributed by atoms with van der Waals surface area (Å²) in [7, 11) is 1.40. The van der Waals surface area contributed by atoms with E-state index in [0.29, 0.717) is 12.3 Å². The van der Waals surface area contributed by atoms with Crippen LogP contribution in [0.15, 0.2) is 0 Å². The van der Waals surface area contributed by atoms with E-state index in [0.717, 1.165) is 11.3 Å². The highest BCUT2D eigenvalue weighted by atomic mass is 16.4. The molecule has 1 fully saturated rings. The highest BCUT2D eigenvalue weighted by Crippen LogP contribution is 2.28. The van der Waals surface area contributed by atoms with Crippen LogP contribution in [-0.2, 0) is 14.4 Å². The zero-order chi connectivity index (χ0) is 14.3. The molecule has 0 bridgehead atoms. The Bertz CT molecular complexity index is 338. The van der Waals surface area contributed by atoms with E-state index >= 15 is 0 Å². The predicted octanol–water partition coefficient (Wildman–Crippen LogP) is 0.616. The van der Waals surface area contributed by atoms with Crippen molar-refractivity contribution in [1.29, 1.82) is 0 Å². The number of carbonyl (C=O) groups is 3. The molecule has 6 heteroatoms. The van der Waals surface area contributed by atoms with Gasteiger partial charge < -0.3 is 15.3 Å². The van der Waals surface area contributed by atoms with Crippen LogP contribution in [-0.4, -0.2) is 47.9 Å². The summed E-state index contributed by atoms with van der Waals surface area (Å²) in [6.45, 7) is -0.482. The lowest BCUT2D eigenvalue weighted by Gasteiger charge is -2.15. The van der Waals surface area contributed by atoms with E-state index in [9.17, 15) is 14.4 Å². The van der Waals surface area contributed by atoms with Gasteiger partial charge in [0.05, 0.1) is 6.54 Å². The second kappa shape index (κ2) is 7.76. The molecular formula is C13H22N2O4. The molecule has 108 valence electrons. The number of nitrogens with one attached hydrogen (secondary N) is 1. The number of amides is 2. The molecule has 0 aromatic rings. The van der Waals surface area contributed by atoms with Gasteiger partial charge in [-0.25, -0.2) is 0 Å². The first-order valence-corrected chi connectivity index (χ1v) is 6.71. The molecule has 0 heterocycles. The summed E-state index contributed by atoms with van der Waals surface area (Å²) in [6.07, 6.45) is 6.24. The Balaban J connectivity index is 2.14. The average molecular weight is 270 g/mol. The third-order valence-corrected chi connectivity index (χ3v) is 3.49. The van der Waals surface area contributed by atoms with Gasteiger partial charge in [-0.1, -0.05) is 25.7 Å². The van der Waals surface area contributed by atoms with E-state index in [2.05, 4.69) is 5.32 Å². The third-order valence-electron chi connectivity index (χ3n) is 3.49. The fourth-order valence-electron chi connectivity index (χ4n) is 2.32. The van der Waals surface area contributed by atoms with Gasteiger partial charge in [-0.15, -0.1) is 0 Å². The van der Waals surface area contributed by atoms with Gasteiger partial charge in [0, 0.05) is 13.5 Å². The fourth-order valence-corrected chi connectivity index (χ4v) is 2.32. The maximum absolute atomic E-state index is 11.6. The van der Waals surface area contributed by atoms with Gasteiger partial charge in [0.2, 0.25) is 11.8 Å². The minimum absolute atomic E-state index is 0.132. The van der Waals surface area contributed by atoms with E-state index < -0.39 is 11.9 Å². The molecule has 6 nitrogen and oxygen atoms in total. The van der Waals surface area contributed by atoms with Crippen LogP contribution in [0, 0.1) is 5.92 Å². The third kappa shape index (κ3) is 6.22. The standard InChI is InChI=1S/C13H22N2O4/c1-15(9-13(18)19)12(17)8-14-11(16)7-6-10-4-2-3-5-10/h10H,2-9H2,1H3,(H,14,16)(H,18,19). The van der Waals surface area contributed by atoms with E-state index in [1.165, 1.54) is 32.7 Å². The van der Waals surface area contributed by atoms with E-state index in [4.69, 9.17) is 5.11 Å². The number of nitrogens with zero attached hydrogens (tertiary/aromatic N) is 1. The van der Waals surface area contributed by atoms with Crippen LogP contribution in [0.3, 0.4) is 0 Å². The molecule has 19 heavy (non-hydrogen) atoms. The van der Waals surface area contributed by atoms with Gasteiger partial charge in [-0.3, -0.25) is 14.4 Å². The summed E-state index contributed by atoms with van der Waals surface area (Å²) in [5.41, 5.74) is 0. The summed E-state index contributed by atoms with van der Waals surface area (Å²) in [4.78, 5) is 34.5. The topological polar surface area (TPSA) is 86.7 Å². The molecule has 0 radical (unpaired) electrons. The molecule has 0 atom stereocenters. The van der Waals surface area contributed by atoms with E-state index in [1.54, 1.807) is 0 Å². The lowest BCUT2D eigenvalue weighted by molar-refractivity contribution is -0.143. The summed E-state index contributed by atoms with van der Waals surface area (Å²) < 4.78 is 0.